The van der Waals surface area contributed by atoms with Crippen molar-refractivity contribution in [2.75, 3.05) is 23.9 Å². The first-order chi connectivity index (χ1) is 8.61. The fourth-order valence-corrected chi connectivity index (χ4v) is 2.25. The van der Waals surface area contributed by atoms with Crippen LogP contribution in [0.15, 0.2) is 12.4 Å². The number of hydrogen-bond acceptors (Lipinski definition) is 4. The van der Waals surface area contributed by atoms with Crippen molar-refractivity contribution in [3.05, 3.63) is 18.1 Å². The summed E-state index contributed by atoms with van der Waals surface area (Å²) in [7, 11) is 0. The van der Waals surface area contributed by atoms with E-state index in [9.17, 15) is 0 Å². The third kappa shape index (κ3) is 2.93. The highest BCUT2D eigenvalue weighted by Gasteiger charge is 2.26. The highest BCUT2D eigenvalue weighted by atomic mass is 35.5. The molecule has 1 fully saturated rings. The summed E-state index contributed by atoms with van der Waals surface area (Å²) >= 11 is 5.88. The average Bonchev–Trinajstić information content (AvgIpc) is 2.39. The van der Waals surface area contributed by atoms with E-state index in [2.05, 4.69) is 41.7 Å². The van der Waals surface area contributed by atoms with Gasteiger partial charge in [-0.15, -0.1) is 11.6 Å². The first kappa shape index (κ1) is 13.6. The van der Waals surface area contributed by atoms with Crippen LogP contribution in [0.1, 0.15) is 32.4 Å². The van der Waals surface area contributed by atoms with E-state index in [1.54, 1.807) is 6.33 Å². The lowest BCUT2D eigenvalue weighted by Crippen LogP contribution is -2.49. The molecule has 1 aliphatic heterocycles. The van der Waals surface area contributed by atoms with Gasteiger partial charge in [0, 0.05) is 18.3 Å². The molecular formula is C13H20ClN3O. The molecule has 2 unspecified atom stereocenters. The number of hydrogen-bond donors (Lipinski definition) is 0. The monoisotopic (exact) mass is 269 g/mol. The van der Waals surface area contributed by atoms with Crippen LogP contribution < -0.4 is 4.90 Å². The molecule has 100 valence electrons. The lowest BCUT2D eigenvalue weighted by atomic mass is 10.1. The van der Waals surface area contributed by atoms with Gasteiger partial charge in [0.1, 0.15) is 12.1 Å². The van der Waals surface area contributed by atoms with Crippen molar-refractivity contribution < 1.29 is 4.74 Å². The second-order valence-electron chi connectivity index (χ2n) is 5.07. The minimum absolute atomic E-state index is 0.0836. The summed E-state index contributed by atoms with van der Waals surface area (Å²) in [5.41, 5.74) is 1.07. The number of halogens is 1. The van der Waals surface area contributed by atoms with Crippen LogP contribution >= 0.6 is 11.6 Å². The molecule has 0 aliphatic carbocycles. The lowest BCUT2D eigenvalue weighted by molar-refractivity contribution is 0.0361. The fourth-order valence-electron chi connectivity index (χ4n) is 2.06. The van der Waals surface area contributed by atoms with Gasteiger partial charge in [-0.25, -0.2) is 9.97 Å². The second-order valence-corrected chi connectivity index (χ2v) is 5.38. The molecule has 1 aliphatic rings. The molecule has 5 heteroatoms. The van der Waals surface area contributed by atoms with E-state index in [1.165, 1.54) is 0 Å². The van der Waals surface area contributed by atoms with Crippen molar-refractivity contribution in [3.8, 4) is 0 Å². The molecule has 1 aromatic heterocycles. The first-order valence-electron chi connectivity index (χ1n) is 6.38. The van der Waals surface area contributed by atoms with Crippen molar-refractivity contribution >= 4 is 17.4 Å². The van der Waals surface area contributed by atoms with E-state index in [0.717, 1.165) is 18.1 Å². The van der Waals surface area contributed by atoms with E-state index in [-0.39, 0.29) is 6.10 Å². The summed E-state index contributed by atoms with van der Waals surface area (Å²) in [5, 5.41) is 0. The molecule has 4 nitrogen and oxygen atoms in total. The number of ether oxygens (including phenoxy) is 1. The number of anilines is 1. The van der Waals surface area contributed by atoms with Gasteiger partial charge >= 0.3 is 0 Å². The van der Waals surface area contributed by atoms with Crippen LogP contribution in [0, 0.1) is 0 Å². The summed E-state index contributed by atoms with van der Waals surface area (Å²) in [5.74, 6) is 1.90. The average molecular weight is 270 g/mol. The minimum Gasteiger partial charge on any atom is -0.373 e. The number of rotatable bonds is 3. The van der Waals surface area contributed by atoms with Crippen molar-refractivity contribution in [1.82, 2.24) is 9.97 Å². The van der Waals surface area contributed by atoms with Crippen LogP contribution in [0.5, 0.6) is 0 Å². The highest BCUT2D eigenvalue weighted by molar-refractivity contribution is 6.18. The van der Waals surface area contributed by atoms with Gasteiger partial charge in [0.25, 0.3) is 0 Å². The Morgan fingerprint density at radius 2 is 2.28 bits per heavy atom. The Morgan fingerprint density at radius 3 is 2.94 bits per heavy atom. The summed E-state index contributed by atoms with van der Waals surface area (Å²) in [6.07, 6.45) is 1.73. The van der Waals surface area contributed by atoms with Crippen LogP contribution in [-0.4, -0.2) is 41.1 Å². The molecule has 0 aromatic carbocycles. The van der Waals surface area contributed by atoms with Gasteiger partial charge in [0.05, 0.1) is 24.6 Å². The van der Waals surface area contributed by atoms with Crippen LogP contribution in [0.2, 0.25) is 0 Å². The fraction of sp³-hybridized carbons (Fsp3) is 0.692. The van der Waals surface area contributed by atoms with Crippen LogP contribution in [0.25, 0.3) is 0 Å². The van der Waals surface area contributed by atoms with Gasteiger partial charge in [-0.2, -0.15) is 0 Å². The molecule has 18 heavy (non-hydrogen) atoms. The Hall–Kier alpha value is -0.870. The minimum atomic E-state index is 0.0836. The van der Waals surface area contributed by atoms with Crippen molar-refractivity contribution in [2.45, 2.75) is 38.8 Å². The van der Waals surface area contributed by atoms with Crippen molar-refractivity contribution in [3.63, 3.8) is 0 Å². The Morgan fingerprint density at radius 1 is 1.50 bits per heavy atom. The van der Waals surface area contributed by atoms with Crippen LogP contribution in [0.3, 0.4) is 0 Å². The van der Waals surface area contributed by atoms with Gasteiger partial charge in [0.2, 0.25) is 0 Å². The molecule has 0 N–H and O–H groups in total. The third-order valence-electron chi connectivity index (χ3n) is 3.24. The Balaban J connectivity index is 2.20. The van der Waals surface area contributed by atoms with Gasteiger partial charge in [-0.3, -0.25) is 0 Å². The maximum absolute atomic E-state index is 5.88. The number of morpholine rings is 1. The standard InChI is InChI=1S/C13H20ClN3O/c1-9(2)12-4-13(16-8-15-12)17-6-11(5-14)18-7-10(17)3/h4,8-11H,5-7H2,1-3H3. The zero-order valence-electron chi connectivity index (χ0n) is 11.1. The predicted octanol–water partition coefficient (Wildman–Crippen LogP) is 2.43. The molecule has 0 radical (unpaired) electrons. The smallest absolute Gasteiger partial charge is 0.132 e. The maximum atomic E-state index is 5.88. The van der Waals surface area contributed by atoms with Gasteiger partial charge < -0.3 is 9.64 Å². The zero-order chi connectivity index (χ0) is 13.1. The third-order valence-corrected chi connectivity index (χ3v) is 3.58. The van der Waals surface area contributed by atoms with Gasteiger partial charge in [0.15, 0.2) is 0 Å². The van der Waals surface area contributed by atoms with E-state index in [0.29, 0.717) is 24.4 Å². The molecule has 1 aromatic rings. The lowest BCUT2D eigenvalue weighted by Gasteiger charge is -2.38. The summed E-state index contributed by atoms with van der Waals surface area (Å²) in [6.45, 7) is 7.89. The zero-order valence-corrected chi connectivity index (χ0v) is 11.9. The molecule has 0 amide bonds. The maximum Gasteiger partial charge on any atom is 0.132 e. The molecule has 2 atom stereocenters. The Labute approximate surface area is 113 Å². The van der Waals surface area contributed by atoms with E-state index >= 15 is 0 Å². The van der Waals surface area contributed by atoms with Crippen LogP contribution in [-0.2, 0) is 4.74 Å². The highest BCUT2D eigenvalue weighted by Crippen LogP contribution is 2.22. The SMILES string of the molecule is CC(C)c1cc(N2CC(CCl)OCC2C)ncn1. The Bertz CT molecular complexity index is 400. The summed E-state index contributed by atoms with van der Waals surface area (Å²) in [6, 6.07) is 2.39. The quantitative estimate of drug-likeness (QED) is 0.790. The number of alkyl halides is 1. The summed E-state index contributed by atoms with van der Waals surface area (Å²) < 4.78 is 5.65. The molecule has 2 rings (SSSR count). The van der Waals surface area contributed by atoms with E-state index in [1.807, 2.05) is 0 Å². The Kier molecular flexibility index (Phi) is 4.40. The molecule has 0 bridgehead atoms. The molecule has 0 saturated carbocycles. The van der Waals surface area contributed by atoms with Gasteiger partial charge in [-0.05, 0) is 12.8 Å². The normalized spacial score (nSPS) is 24.6. The van der Waals surface area contributed by atoms with E-state index < -0.39 is 0 Å². The number of nitrogens with zero attached hydrogens (tertiary/aromatic N) is 3. The van der Waals surface area contributed by atoms with Crippen molar-refractivity contribution in [2.24, 2.45) is 0 Å². The largest absolute Gasteiger partial charge is 0.373 e. The second kappa shape index (κ2) is 5.85. The molecule has 0 spiro atoms. The summed E-state index contributed by atoms with van der Waals surface area (Å²) in [4.78, 5) is 10.9. The van der Waals surface area contributed by atoms with Gasteiger partial charge in [-0.1, -0.05) is 13.8 Å². The van der Waals surface area contributed by atoms with Crippen LogP contribution in [0.4, 0.5) is 5.82 Å². The van der Waals surface area contributed by atoms with E-state index in [4.69, 9.17) is 16.3 Å². The number of aromatic nitrogens is 2. The molecular weight excluding hydrogens is 250 g/mol. The molecule has 2 heterocycles. The predicted molar refractivity (Wildman–Crippen MR) is 73.4 cm³/mol. The molecule has 1 saturated heterocycles. The van der Waals surface area contributed by atoms with Crippen molar-refractivity contribution in [1.29, 1.82) is 0 Å². The first-order valence-corrected chi connectivity index (χ1v) is 6.91. The topological polar surface area (TPSA) is 38.2 Å².